The van der Waals surface area contributed by atoms with Crippen LogP contribution in [0, 0.1) is 0 Å². The molecule has 0 fully saturated rings. The number of benzene rings is 1. The van der Waals surface area contributed by atoms with Crippen LogP contribution in [0.25, 0.3) is 16.2 Å². The minimum absolute atomic E-state index is 0.00196. The fourth-order valence-electron chi connectivity index (χ4n) is 3.01. The average Bonchev–Trinajstić information content (AvgIpc) is 3.06. The summed E-state index contributed by atoms with van der Waals surface area (Å²) in [5, 5.41) is 11.4. The SMILES string of the molecule is OCc1cn2c(-c3ccc4c(c3)CCCC4)csc2n1. The van der Waals surface area contributed by atoms with Crippen molar-refractivity contribution in [1.82, 2.24) is 9.38 Å². The van der Waals surface area contributed by atoms with E-state index in [9.17, 15) is 5.11 Å². The molecule has 4 rings (SSSR count). The highest BCUT2D eigenvalue weighted by Crippen LogP contribution is 2.30. The van der Waals surface area contributed by atoms with Crippen molar-refractivity contribution in [2.45, 2.75) is 32.3 Å². The number of imidazole rings is 1. The van der Waals surface area contributed by atoms with E-state index in [1.54, 1.807) is 11.3 Å². The van der Waals surface area contributed by atoms with Crippen molar-refractivity contribution >= 4 is 16.3 Å². The summed E-state index contributed by atoms with van der Waals surface area (Å²) >= 11 is 1.62. The number of fused-ring (bicyclic) bond motifs is 2. The molecule has 4 heteroatoms. The Kier molecular flexibility index (Phi) is 2.86. The second-order valence-corrected chi connectivity index (χ2v) is 6.19. The van der Waals surface area contributed by atoms with Crippen molar-refractivity contribution in [3.05, 3.63) is 46.6 Å². The summed E-state index contributed by atoms with van der Waals surface area (Å²) in [4.78, 5) is 5.34. The average molecular weight is 284 g/mol. The van der Waals surface area contributed by atoms with Crippen LogP contribution in [0.15, 0.2) is 29.8 Å². The van der Waals surface area contributed by atoms with Gasteiger partial charge in [0.2, 0.25) is 0 Å². The molecule has 0 amide bonds. The maximum Gasteiger partial charge on any atom is 0.194 e. The first-order chi connectivity index (χ1) is 9.85. The molecule has 1 N–H and O–H groups in total. The number of aliphatic hydroxyl groups is 1. The zero-order chi connectivity index (χ0) is 13.5. The number of aromatic nitrogens is 2. The molecule has 0 saturated heterocycles. The van der Waals surface area contributed by atoms with Gasteiger partial charge >= 0.3 is 0 Å². The number of nitrogens with zero attached hydrogens (tertiary/aromatic N) is 2. The molecule has 1 aromatic carbocycles. The first-order valence-corrected chi connectivity index (χ1v) is 7.91. The van der Waals surface area contributed by atoms with E-state index >= 15 is 0 Å². The molecule has 102 valence electrons. The Morgan fingerprint density at radius 2 is 2.05 bits per heavy atom. The van der Waals surface area contributed by atoms with Crippen molar-refractivity contribution in [3.8, 4) is 11.3 Å². The molecule has 0 saturated carbocycles. The van der Waals surface area contributed by atoms with Crippen molar-refractivity contribution < 1.29 is 5.11 Å². The summed E-state index contributed by atoms with van der Waals surface area (Å²) in [5.74, 6) is 0. The van der Waals surface area contributed by atoms with Gasteiger partial charge in [0, 0.05) is 11.6 Å². The molecule has 3 nitrogen and oxygen atoms in total. The van der Waals surface area contributed by atoms with Gasteiger partial charge in [0.05, 0.1) is 18.0 Å². The van der Waals surface area contributed by atoms with Crippen LogP contribution in [0.1, 0.15) is 29.7 Å². The van der Waals surface area contributed by atoms with E-state index in [0.717, 1.165) is 10.7 Å². The molecular weight excluding hydrogens is 268 g/mol. The van der Waals surface area contributed by atoms with Gasteiger partial charge in [-0.25, -0.2) is 4.98 Å². The van der Waals surface area contributed by atoms with E-state index in [0.29, 0.717) is 0 Å². The third-order valence-electron chi connectivity index (χ3n) is 4.07. The smallest absolute Gasteiger partial charge is 0.194 e. The monoisotopic (exact) mass is 284 g/mol. The number of aliphatic hydroxyl groups excluding tert-OH is 1. The van der Waals surface area contributed by atoms with Crippen LogP contribution in [0.5, 0.6) is 0 Å². The standard InChI is InChI=1S/C16H16N2OS/c19-9-14-8-18-15(10-20-16(18)17-14)13-6-5-11-3-1-2-4-12(11)7-13/h5-8,10,19H,1-4,9H2. The summed E-state index contributed by atoms with van der Waals surface area (Å²) in [7, 11) is 0. The number of thiazole rings is 1. The Bertz CT molecular complexity index is 772. The Balaban J connectivity index is 1.83. The second kappa shape index (κ2) is 4.72. The first-order valence-electron chi connectivity index (χ1n) is 7.03. The predicted molar refractivity (Wildman–Crippen MR) is 81.1 cm³/mol. The van der Waals surface area contributed by atoms with Gasteiger partial charge in [0.25, 0.3) is 0 Å². The van der Waals surface area contributed by atoms with Gasteiger partial charge in [-0.3, -0.25) is 4.40 Å². The highest BCUT2D eigenvalue weighted by molar-refractivity contribution is 7.15. The minimum Gasteiger partial charge on any atom is -0.390 e. The van der Waals surface area contributed by atoms with Gasteiger partial charge in [-0.15, -0.1) is 11.3 Å². The molecule has 0 bridgehead atoms. The maximum atomic E-state index is 9.21. The van der Waals surface area contributed by atoms with E-state index in [2.05, 4.69) is 33.0 Å². The van der Waals surface area contributed by atoms with E-state index in [1.807, 2.05) is 6.20 Å². The third-order valence-corrected chi connectivity index (χ3v) is 4.91. The molecule has 3 aromatic rings. The lowest BCUT2D eigenvalue weighted by Crippen LogP contribution is -2.02. The topological polar surface area (TPSA) is 37.5 Å². The highest BCUT2D eigenvalue weighted by atomic mass is 32.1. The van der Waals surface area contributed by atoms with E-state index in [1.165, 1.54) is 48.1 Å². The van der Waals surface area contributed by atoms with Crippen molar-refractivity contribution in [2.24, 2.45) is 0 Å². The molecular formula is C16H16N2OS. The zero-order valence-corrected chi connectivity index (χ0v) is 12.0. The van der Waals surface area contributed by atoms with Crippen LogP contribution < -0.4 is 0 Å². The lowest BCUT2D eigenvalue weighted by molar-refractivity contribution is 0.277. The largest absolute Gasteiger partial charge is 0.390 e. The van der Waals surface area contributed by atoms with Crippen LogP contribution >= 0.6 is 11.3 Å². The van der Waals surface area contributed by atoms with Crippen molar-refractivity contribution in [3.63, 3.8) is 0 Å². The number of hydrogen-bond donors (Lipinski definition) is 1. The van der Waals surface area contributed by atoms with Crippen LogP contribution in [-0.4, -0.2) is 14.5 Å². The van der Waals surface area contributed by atoms with Crippen LogP contribution in [0.4, 0.5) is 0 Å². The van der Waals surface area contributed by atoms with Gasteiger partial charge in [-0.1, -0.05) is 12.1 Å². The first kappa shape index (κ1) is 12.1. The summed E-state index contributed by atoms with van der Waals surface area (Å²) in [5.41, 5.74) is 6.16. The third kappa shape index (κ3) is 1.87. The predicted octanol–water partition coefficient (Wildman–Crippen LogP) is 3.43. The molecule has 0 unspecified atom stereocenters. The van der Waals surface area contributed by atoms with E-state index < -0.39 is 0 Å². The molecule has 0 spiro atoms. The Hall–Kier alpha value is -1.65. The molecule has 0 aliphatic heterocycles. The number of hydrogen-bond acceptors (Lipinski definition) is 3. The van der Waals surface area contributed by atoms with Gasteiger partial charge in [0.1, 0.15) is 0 Å². The van der Waals surface area contributed by atoms with Gasteiger partial charge < -0.3 is 5.11 Å². The summed E-state index contributed by atoms with van der Waals surface area (Å²) in [6.45, 7) is -0.00196. The molecule has 1 aliphatic carbocycles. The number of rotatable bonds is 2. The molecule has 0 radical (unpaired) electrons. The highest BCUT2D eigenvalue weighted by Gasteiger charge is 2.13. The lowest BCUT2D eigenvalue weighted by atomic mass is 9.90. The van der Waals surface area contributed by atoms with Crippen LogP contribution in [0.2, 0.25) is 0 Å². The van der Waals surface area contributed by atoms with E-state index in [-0.39, 0.29) is 6.61 Å². The van der Waals surface area contributed by atoms with Gasteiger partial charge in [0.15, 0.2) is 4.96 Å². The molecule has 20 heavy (non-hydrogen) atoms. The lowest BCUT2D eigenvalue weighted by Gasteiger charge is -2.16. The number of aryl methyl sites for hydroxylation is 2. The van der Waals surface area contributed by atoms with Crippen LogP contribution in [0.3, 0.4) is 0 Å². The van der Waals surface area contributed by atoms with E-state index in [4.69, 9.17) is 0 Å². The van der Waals surface area contributed by atoms with Gasteiger partial charge in [-0.2, -0.15) is 0 Å². The van der Waals surface area contributed by atoms with Crippen molar-refractivity contribution in [1.29, 1.82) is 0 Å². The zero-order valence-electron chi connectivity index (χ0n) is 11.2. The fourth-order valence-corrected chi connectivity index (χ4v) is 3.91. The maximum absolute atomic E-state index is 9.21. The van der Waals surface area contributed by atoms with Crippen molar-refractivity contribution in [2.75, 3.05) is 0 Å². The fraction of sp³-hybridized carbons (Fsp3) is 0.312. The normalized spacial score (nSPS) is 14.7. The summed E-state index contributed by atoms with van der Waals surface area (Å²) in [6, 6.07) is 6.82. The van der Waals surface area contributed by atoms with Crippen LogP contribution in [-0.2, 0) is 19.4 Å². The van der Waals surface area contributed by atoms with Gasteiger partial charge in [-0.05, 0) is 48.4 Å². The molecule has 0 atom stereocenters. The molecule has 1 aliphatic rings. The second-order valence-electron chi connectivity index (χ2n) is 5.35. The quantitative estimate of drug-likeness (QED) is 0.783. The Labute approximate surface area is 121 Å². The Morgan fingerprint density at radius 1 is 1.20 bits per heavy atom. The minimum atomic E-state index is -0.00196. The molecule has 2 heterocycles. The summed E-state index contributed by atoms with van der Waals surface area (Å²) in [6.07, 6.45) is 6.96. The molecule has 2 aromatic heterocycles. The summed E-state index contributed by atoms with van der Waals surface area (Å²) < 4.78 is 2.08. The Morgan fingerprint density at radius 3 is 2.90 bits per heavy atom.